The molecule has 0 aliphatic rings. The summed E-state index contributed by atoms with van der Waals surface area (Å²) in [7, 11) is 0. The lowest BCUT2D eigenvalue weighted by Gasteiger charge is -2.01. The third-order valence-corrected chi connectivity index (χ3v) is 3.88. The van der Waals surface area contributed by atoms with Crippen LogP contribution in [0.2, 0.25) is 0 Å². The van der Waals surface area contributed by atoms with Gasteiger partial charge in [-0.25, -0.2) is 9.37 Å². The number of aromatic nitrogens is 1. The third-order valence-electron chi connectivity index (χ3n) is 3.12. The van der Waals surface area contributed by atoms with Crippen molar-refractivity contribution in [2.75, 3.05) is 5.32 Å². The summed E-state index contributed by atoms with van der Waals surface area (Å²) in [6.45, 7) is 0. The van der Waals surface area contributed by atoms with Crippen molar-refractivity contribution in [3.8, 4) is 17.3 Å². The quantitative estimate of drug-likeness (QED) is 0.790. The second-order valence-electron chi connectivity index (χ2n) is 4.69. The number of nitrogens with zero attached hydrogens (tertiary/aromatic N) is 2. The summed E-state index contributed by atoms with van der Waals surface area (Å²) in [4.78, 5) is 16.4. The molecule has 1 heterocycles. The smallest absolute Gasteiger partial charge is 0.257 e. The fraction of sp³-hybridized carbons (Fsp3) is 0. The van der Waals surface area contributed by atoms with E-state index in [4.69, 9.17) is 5.26 Å². The summed E-state index contributed by atoms with van der Waals surface area (Å²) >= 11 is 1.26. The lowest BCUT2D eigenvalue weighted by atomic mass is 10.1. The number of anilines is 1. The third kappa shape index (κ3) is 3.42. The molecular formula is C17H10FN3OS. The Hall–Kier alpha value is -3.04. The van der Waals surface area contributed by atoms with Gasteiger partial charge in [-0.1, -0.05) is 12.1 Å². The van der Waals surface area contributed by atoms with Crippen LogP contribution in [0.4, 0.5) is 9.52 Å². The molecule has 3 aromatic rings. The van der Waals surface area contributed by atoms with Crippen molar-refractivity contribution in [1.82, 2.24) is 4.98 Å². The lowest BCUT2D eigenvalue weighted by Crippen LogP contribution is -2.11. The van der Waals surface area contributed by atoms with E-state index in [1.807, 2.05) is 6.07 Å². The van der Waals surface area contributed by atoms with Gasteiger partial charge in [-0.2, -0.15) is 5.26 Å². The Balaban J connectivity index is 1.76. The van der Waals surface area contributed by atoms with E-state index < -0.39 is 0 Å². The van der Waals surface area contributed by atoms with E-state index in [2.05, 4.69) is 10.3 Å². The van der Waals surface area contributed by atoms with E-state index in [1.54, 1.807) is 41.8 Å². The minimum absolute atomic E-state index is 0.311. The predicted molar refractivity (Wildman–Crippen MR) is 86.6 cm³/mol. The highest BCUT2D eigenvalue weighted by Gasteiger charge is 2.10. The molecule has 1 N–H and O–H groups in total. The fourth-order valence-corrected chi connectivity index (χ4v) is 2.69. The number of halogens is 1. The van der Waals surface area contributed by atoms with Crippen LogP contribution in [0, 0.1) is 17.1 Å². The number of nitrogens with one attached hydrogen (secondary N) is 1. The van der Waals surface area contributed by atoms with Crippen LogP contribution in [0.5, 0.6) is 0 Å². The van der Waals surface area contributed by atoms with Crippen LogP contribution in [0.25, 0.3) is 11.3 Å². The van der Waals surface area contributed by atoms with Crippen molar-refractivity contribution >= 4 is 22.4 Å². The largest absolute Gasteiger partial charge is 0.298 e. The summed E-state index contributed by atoms with van der Waals surface area (Å²) < 4.78 is 13.2. The minimum atomic E-state index is -0.335. The normalized spacial score (nSPS) is 10.1. The number of rotatable bonds is 3. The van der Waals surface area contributed by atoms with Crippen LogP contribution in [-0.2, 0) is 0 Å². The molecule has 6 heteroatoms. The second-order valence-corrected chi connectivity index (χ2v) is 5.55. The van der Waals surface area contributed by atoms with E-state index in [0.29, 0.717) is 27.5 Å². The second kappa shape index (κ2) is 6.38. The highest BCUT2D eigenvalue weighted by Crippen LogP contribution is 2.25. The molecule has 0 aliphatic heterocycles. The van der Waals surface area contributed by atoms with Gasteiger partial charge in [-0.15, -0.1) is 11.3 Å². The molecule has 0 saturated heterocycles. The average molecular weight is 323 g/mol. The molecule has 3 rings (SSSR count). The van der Waals surface area contributed by atoms with Crippen molar-refractivity contribution in [2.45, 2.75) is 0 Å². The van der Waals surface area contributed by atoms with Crippen molar-refractivity contribution < 1.29 is 9.18 Å². The van der Waals surface area contributed by atoms with E-state index >= 15 is 0 Å². The topological polar surface area (TPSA) is 65.8 Å². The zero-order valence-corrected chi connectivity index (χ0v) is 12.6. The SMILES string of the molecule is N#Cc1ccc(C(=O)Nc2nc(-c3cccc(F)c3)cs2)cc1. The summed E-state index contributed by atoms with van der Waals surface area (Å²) in [5, 5.41) is 13.6. The van der Waals surface area contributed by atoms with Gasteiger partial charge in [-0.3, -0.25) is 10.1 Å². The number of thiazole rings is 1. The lowest BCUT2D eigenvalue weighted by molar-refractivity contribution is 0.102. The van der Waals surface area contributed by atoms with Crippen LogP contribution in [-0.4, -0.2) is 10.9 Å². The van der Waals surface area contributed by atoms with Crippen LogP contribution < -0.4 is 5.32 Å². The van der Waals surface area contributed by atoms with E-state index in [-0.39, 0.29) is 11.7 Å². The highest BCUT2D eigenvalue weighted by atomic mass is 32.1. The highest BCUT2D eigenvalue weighted by molar-refractivity contribution is 7.14. The van der Waals surface area contributed by atoms with Gasteiger partial charge in [0.1, 0.15) is 5.82 Å². The molecule has 0 unspecified atom stereocenters. The number of nitriles is 1. The molecule has 0 radical (unpaired) electrons. The maximum Gasteiger partial charge on any atom is 0.257 e. The maximum absolute atomic E-state index is 13.2. The summed E-state index contributed by atoms with van der Waals surface area (Å²) in [6, 6.07) is 14.4. The Kier molecular flexibility index (Phi) is 4.13. The first-order chi connectivity index (χ1) is 11.2. The van der Waals surface area contributed by atoms with Crippen LogP contribution in [0.1, 0.15) is 15.9 Å². The number of benzene rings is 2. The molecule has 0 fully saturated rings. The summed E-state index contributed by atoms with van der Waals surface area (Å²) in [5.74, 6) is -0.645. The van der Waals surface area contributed by atoms with Gasteiger partial charge in [0.05, 0.1) is 17.3 Å². The Labute approximate surface area is 135 Å². The van der Waals surface area contributed by atoms with Crippen molar-refractivity contribution in [3.63, 3.8) is 0 Å². The first-order valence-electron chi connectivity index (χ1n) is 6.69. The van der Waals surface area contributed by atoms with Crippen molar-refractivity contribution in [1.29, 1.82) is 5.26 Å². The molecule has 0 bridgehead atoms. The fourth-order valence-electron chi connectivity index (χ4n) is 1.98. The van der Waals surface area contributed by atoms with E-state index in [0.717, 1.165) is 0 Å². The zero-order chi connectivity index (χ0) is 16.2. The number of amides is 1. The van der Waals surface area contributed by atoms with Crippen LogP contribution in [0.15, 0.2) is 53.9 Å². The standard InChI is InChI=1S/C17H10FN3OS/c18-14-3-1-2-13(8-14)15-10-23-17(20-15)21-16(22)12-6-4-11(9-19)5-7-12/h1-8,10H,(H,20,21,22). The number of hydrogen-bond acceptors (Lipinski definition) is 4. The first-order valence-corrected chi connectivity index (χ1v) is 7.56. The Bertz CT molecular complexity index is 897. The number of hydrogen-bond donors (Lipinski definition) is 1. The van der Waals surface area contributed by atoms with Crippen molar-refractivity contribution in [3.05, 3.63) is 70.9 Å². The molecule has 2 aromatic carbocycles. The summed E-state index contributed by atoms with van der Waals surface area (Å²) in [5.41, 5.74) is 2.18. The van der Waals surface area contributed by atoms with Gasteiger partial charge >= 0.3 is 0 Å². The Morgan fingerprint density at radius 3 is 2.70 bits per heavy atom. The molecule has 1 aromatic heterocycles. The molecule has 0 spiro atoms. The molecular weight excluding hydrogens is 313 g/mol. The minimum Gasteiger partial charge on any atom is -0.298 e. The van der Waals surface area contributed by atoms with Gasteiger partial charge in [0.2, 0.25) is 0 Å². The predicted octanol–water partition coefficient (Wildman–Crippen LogP) is 4.07. The molecule has 0 atom stereocenters. The molecule has 0 aliphatic carbocycles. The van der Waals surface area contributed by atoms with E-state index in [1.165, 1.54) is 23.5 Å². The average Bonchev–Trinajstić information content (AvgIpc) is 3.03. The molecule has 23 heavy (non-hydrogen) atoms. The summed E-state index contributed by atoms with van der Waals surface area (Å²) in [6.07, 6.45) is 0. The number of carbonyl (C=O) groups excluding carboxylic acids is 1. The van der Waals surface area contributed by atoms with Crippen LogP contribution in [0.3, 0.4) is 0 Å². The van der Waals surface area contributed by atoms with Gasteiger partial charge < -0.3 is 0 Å². The maximum atomic E-state index is 13.2. The van der Waals surface area contributed by atoms with Gasteiger partial charge in [0, 0.05) is 16.5 Å². The molecule has 1 amide bonds. The van der Waals surface area contributed by atoms with Gasteiger partial charge in [-0.05, 0) is 36.4 Å². The van der Waals surface area contributed by atoms with Crippen molar-refractivity contribution in [2.24, 2.45) is 0 Å². The molecule has 112 valence electrons. The Morgan fingerprint density at radius 2 is 2.00 bits per heavy atom. The monoisotopic (exact) mass is 323 g/mol. The van der Waals surface area contributed by atoms with E-state index in [9.17, 15) is 9.18 Å². The first kappa shape index (κ1) is 14.9. The molecule has 4 nitrogen and oxygen atoms in total. The zero-order valence-electron chi connectivity index (χ0n) is 11.8. The Morgan fingerprint density at radius 1 is 1.22 bits per heavy atom. The molecule has 0 saturated carbocycles. The van der Waals surface area contributed by atoms with Gasteiger partial charge in [0.15, 0.2) is 5.13 Å². The number of carbonyl (C=O) groups is 1. The van der Waals surface area contributed by atoms with Gasteiger partial charge in [0.25, 0.3) is 5.91 Å². The van der Waals surface area contributed by atoms with Crippen LogP contribution >= 0.6 is 11.3 Å².